The van der Waals surface area contributed by atoms with Crippen molar-refractivity contribution in [1.29, 1.82) is 0 Å². The molecule has 0 aliphatic heterocycles. The summed E-state index contributed by atoms with van der Waals surface area (Å²) in [4.78, 5) is 0. The second-order valence-electron chi connectivity index (χ2n) is 5.08. The van der Waals surface area contributed by atoms with E-state index in [4.69, 9.17) is 0 Å². The van der Waals surface area contributed by atoms with Crippen LogP contribution in [0, 0.1) is 0 Å². The summed E-state index contributed by atoms with van der Waals surface area (Å²) in [6, 6.07) is 0. The summed E-state index contributed by atoms with van der Waals surface area (Å²) < 4.78 is 14.5. The molecular formula is C10H17FO5. The summed E-state index contributed by atoms with van der Waals surface area (Å²) in [5, 5.41) is 47.8. The van der Waals surface area contributed by atoms with Gasteiger partial charge in [0.2, 0.25) is 0 Å². The van der Waals surface area contributed by atoms with Gasteiger partial charge in [-0.25, -0.2) is 4.39 Å². The van der Waals surface area contributed by atoms with Gasteiger partial charge in [0.05, 0.1) is 24.4 Å². The van der Waals surface area contributed by atoms with Crippen molar-refractivity contribution in [2.24, 2.45) is 0 Å². The minimum absolute atomic E-state index is 0.325. The molecule has 6 atom stereocenters. The van der Waals surface area contributed by atoms with Crippen molar-refractivity contribution in [3.63, 3.8) is 0 Å². The van der Waals surface area contributed by atoms with Crippen molar-refractivity contribution in [3.05, 3.63) is 0 Å². The van der Waals surface area contributed by atoms with E-state index in [1.54, 1.807) is 0 Å². The first-order valence-electron chi connectivity index (χ1n) is 5.41. The molecule has 2 fully saturated rings. The van der Waals surface area contributed by atoms with E-state index < -0.39 is 48.5 Å². The minimum Gasteiger partial charge on any atom is -0.390 e. The fraction of sp³-hybridized carbons (Fsp3) is 1.00. The van der Waals surface area contributed by atoms with E-state index in [0.717, 1.165) is 0 Å². The summed E-state index contributed by atoms with van der Waals surface area (Å²) in [5.41, 5.74) is -4.02. The van der Waals surface area contributed by atoms with Crippen LogP contribution in [0.15, 0.2) is 0 Å². The van der Waals surface area contributed by atoms with E-state index >= 15 is 0 Å². The van der Waals surface area contributed by atoms with Crippen LogP contribution in [0.1, 0.15) is 25.7 Å². The first kappa shape index (κ1) is 12.2. The van der Waals surface area contributed by atoms with Crippen molar-refractivity contribution in [3.8, 4) is 0 Å². The summed E-state index contributed by atoms with van der Waals surface area (Å²) >= 11 is 0. The monoisotopic (exact) mass is 236 g/mol. The average molecular weight is 236 g/mol. The number of hydrogen-bond acceptors (Lipinski definition) is 5. The minimum atomic E-state index is -2.15. The number of alkyl halides is 1. The Morgan fingerprint density at radius 2 is 1.06 bits per heavy atom. The van der Waals surface area contributed by atoms with Crippen LogP contribution >= 0.6 is 0 Å². The second kappa shape index (κ2) is 3.61. The fourth-order valence-electron chi connectivity index (χ4n) is 2.81. The van der Waals surface area contributed by atoms with Crippen LogP contribution in [-0.2, 0) is 0 Å². The SMILES string of the molecule is O[C@@H]1CC2(O)C[C@H](O)[C@@H](O)CC2(F)C[C@H]1O. The van der Waals surface area contributed by atoms with Crippen molar-refractivity contribution in [2.75, 3.05) is 0 Å². The van der Waals surface area contributed by atoms with Crippen molar-refractivity contribution < 1.29 is 29.9 Å². The Hall–Kier alpha value is -0.270. The van der Waals surface area contributed by atoms with Crippen molar-refractivity contribution >= 4 is 0 Å². The van der Waals surface area contributed by atoms with Crippen LogP contribution in [0.4, 0.5) is 4.39 Å². The molecule has 94 valence electrons. The van der Waals surface area contributed by atoms with Gasteiger partial charge in [0, 0.05) is 25.7 Å². The first-order chi connectivity index (χ1) is 7.27. The molecule has 0 aromatic heterocycles. The largest absolute Gasteiger partial charge is 0.390 e. The lowest BCUT2D eigenvalue weighted by Crippen LogP contribution is -2.66. The van der Waals surface area contributed by atoms with Crippen LogP contribution < -0.4 is 0 Å². The Morgan fingerprint density at radius 1 is 0.750 bits per heavy atom. The maximum Gasteiger partial charge on any atom is 0.144 e. The zero-order chi connectivity index (χ0) is 12.1. The lowest BCUT2D eigenvalue weighted by molar-refractivity contribution is -0.239. The van der Waals surface area contributed by atoms with E-state index in [-0.39, 0.29) is 12.8 Å². The molecule has 6 heteroatoms. The molecule has 0 aromatic rings. The molecule has 0 saturated heterocycles. The maximum atomic E-state index is 14.5. The van der Waals surface area contributed by atoms with Gasteiger partial charge >= 0.3 is 0 Å². The average Bonchev–Trinajstić information content (AvgIpc) is 2.12. The second-order valence-corrected chi connectivity index (χ2v) is 5.08. The predicted molar refractivity (Wildman–Crippen MR) is 51.3 cm³/mol. The Kier molecular flexibility index (Phi) is 2.75. The van der Waals surface area contributed by atoms with Gasteiger partial charge in [-0.15, -0.1) is 0 Å². The molecule has 0 bridgehead atoms. The van der Waals surface area contributed by atoms with Gasteiger partial charge in [0.15, 0.2) is 0 Å². The van der Waals surface area contributed by atoms with Crippen molar-refractivity contribution in [2.45, 2.75) is 61.4 Å². The molecule has 2 unspecified atom stereocenters. The number of aliphatic hydroxyl groups is 5. The standard InChI is InChI=1S/C10H17FO5/c11-9-1-5(12)7(14)3-10(9,16)4-8(15)6(13)2-9/h5-8,12-16H,1-4H2/t5-,6+,7-,8+,9?,10?. The molecule has 2 saturated carbocycles. The Bertz CT molecular complexity index is 236. The van der Waals surface area contributed by atoms with Crippen LogP contribution in [0.2, 0.25) is 0 Å². The van der Waals surface area contributed by atoms with Gasteiger partial charge in [-0.2, -0.15) is 0 Å². The highest BCUT2D eigenvalue weighted by atomic mass is 19.1. The maximum absolute atomic E-state index is 14.5. The third kappa shape index (κ3) is 1.65. The molecule has 16 heavy (non-hydrogen) atoms. The molecule has 0 radical (unpaired) electrons. The third-order valence-electron chi connectivity index (χ3n) is 3.88. The lowest BCUT2D eigenvalue weighted by Gasteiger charge is -2.53. The molecule has 2 aliphatic rings. The summed E-state index contributed by atoms with van der Waals surface area (Å²) in [7, 11) is 0. The summed E-state index contributed by atoms with van der Waals surface area (Å²) in [5.74, 6) is 0. The third-order valence-corrected chi connectivity index (χ3v) is 3.88. The molecule has 5 N–H and O–H groups in total. The van der Waals surface area contributed by atoms with E-state index in [0.29, 0.717) is 0 Å². The number of hydrogen-bond donors (Lipinski definition) is 5. The van der Waals surface area contributed by atoms with E-state index in [2.05, 4.69) is 0 Å². The van der Waals surface area contributed by atoms with Gasteiger partial charge in [0.1, 0.15) is 11.3 Å². The molecule has 0 amide bonds. The Morgan fingerprint density at radius 3 is 1.44 bits per heavy atom. The topological polar surface area (TPSA) is 101 Å². The highest BCUT2D eigenvalue weighted by molar-refractivity contribution is 5.13. The van der Waals surface area contributed by atoms with Crippen LogP contribution in [0.25, 0.3) is 0 Å². The van der Waals surface area contributed by atoms with Crippen LogP contribution in [0.3, 0.4) is 0 Å². The molecule has 5 nitrogen and oxygen atoms in total. The lowest BCUT2D eigenvalue weighted by atomic mass is 9.62. The molecule has 2 rings (SSSR count). The molecule has 0 spiro atoms. The molecule has 2 aliphatic carbocycles. The normalized spacial score (nSPS) is 58.1. The number of aliphatic hydroxyl groups excluding tert-OH is 4. The van der Waals surface area contributed by atoms with Gasteiger partial charge in [-0.3, -0.25) is 0 Å². The zero-order valence-electron chi connectivity index (χ0n) is 8.75. The molecular weight excluding hydrogens is 219 g/mol. The van der Waals surface area contributed by atoms with Gasteiger partial charge in [-0.05, 0) is 0 Å². The number of rotatable bonds is 0. The number of fused-ring (bicyclic) bond motifs is 1. The van der Waals surface area contributed by atoms with Gasteiger partial charge in [-0.1, -0.05) is 0 Å². The smallest absolute Gasteiger partial charge is 0.144 e. The summed E-state index contributed by atoms with van der Waals surface area (Å²) in [6.07, 6.45) is -6.38. The zero-order valence-corrected chi connectivity index (χ0v) is 8.75. The molecule has 0 heterocycles. The first-order valence-corrected chi connectivity index (χ1v) is 5.41. The highest BCUT2D eigenvalue weighted by Gasteiger charge is 2.62. The quantitative estimate of drug-likeness (QED) is 0.351. The summed E-state index contributed by atoms with van der Waals surface area (Å²) in [6.45, 7) is 0. The van der Waals surface area contributed by atoms with Gasteiger partial charge in [0.25, 0.3) is 0 Å². The van der Waals surface area contributed by atoms with Crippen LogP contribution in [-0.4, -0.2) is 61.2 Å². The highest BCUT2D eigenvalue weighted by Crippen LogP contribution is 2.49. The fourth-order valence-corrected chi connectivity index (χ4v) is 2.81. The van der Waals surface area contributed by atoms with E-state index in [1.807, 2.05) is 0 Å². The molecule has 0 aromatic carbocycles. The predicted octanol–water partition coefficient (Wildman–Crippen LogP) is -1.54. The van der Waals surface area contributed by atoms with E-state index in [9.17, 15) is 29.9 Å². The van der Waals surface area contributed by atoms with Crippen LogP contribution in [0.5, 0.6) is 0 Å². The van der Waals surface area contributed by atoms with Gasteiger partial charge < -0.3 is 25.5 Å². The van der Waals surface area contributed by atoms with E-state index in [1.165, 1.54) is 0 Å². The Labute approximate surface area is 92.1 Å². The van der Waals surface area contributed by atoms with Crippen molar-refractivity contribution in [1.82, 2.24) is 0 Å². The number of halogens is 1. The Balaban J connectivity index is 2.27.